The standard InChI is InChI=1S/C21H22BrN3O4/c1-3-13(2)25(16-7-4-14(5-8-16)21(23)28)19(26)11-24-17-9-6-15(22)10-18(17)29-12-20(24)27/h4-10,13H,3,11-12H2,1-2H3,(H2,23,28)/t13-/m0/s1. The van der Waals surface area contributed by atoms with E-state index >= 15 is 0 Å². The van der Waals surface area contributed by atoms with E-state index in [2.05, 4.69) is 15.9 Å². The second-order valence-corrected chi connectivity index (χ2v) is 7.73. The van der Waals surface area contributed by atoms with Crippen LogP contribution in [-0.4, -0.2) is 36.9 Å². The lowest BCUT2D eigenvalue weighted by Gasteiger charge is -2.33. The van der Waals surface area contributed by atoms with Gasteiger partial charge in [0.1, 0.15) is 12.3 Å². The molecule has 0 unspecified atom stereocenters. The fourth-order valence-corrected chi connectivity index (χ4v) is 3.52. The maximum absolute atomic E-state index is 13.2. The number of primary amides is 1. The van der Waals surface area contributed by atoms with Crippen molar-refractivity contribution in [2.45, 2.75) is 26.3 Å². The van der Waals surface area contributed by atoms with Crippen LogP contribution < -0.4 is 20.3 Å². The third kappa shape index (κ3) is 4.42. The van der Waals surface area contributed by atoms with Crippen LogP contribution in [0.3, 0.4) is 0 Å². The Labute approximate surface area is 177 Å². The number of benzene rings is 2. The zero-order valence-electron chi connectivity index (χ0n) is 16.2. The van der Waals surface area contributed by atoms with Crippen LogP contribution in [0.2, 0.25) is 0 Å². The molecule has 7 nitrogen and oxygen atoms in total. The molecule has 1 heterocycles. The van der Waals surface area contributed by atoms with E-state index < -0.39 is 5.91 Å². The third-order valence-corrected chi connectivity index (χ3v) is 5.38. The molecule has 2 aromatic rings. The first-order valence-electron chi connectivity index (χ1n) is 9.26. The second kappa shape index (κ2) is 8.65. The summed E-state index contributed by atoms with van der Waals surface area (Å²) in [4.78, 5) is 40.1. The minimum Gasteiger partial charge on any atom is -0.482 e. The third-order valence-electron chi connectivity index (χ3n) is 4.89. The van der Waals surface area contributed by atoms with Crippen molar-refractivity contribution in [3.63, 3.8) is 0 Å². The fraction of sp³-hybridized carbons (Fsp3) is 0.286. The lowest BCUT2D eigenvalue weighted by molar-refractivity contribution is -0.124. The molecule has 0 saturated carbocycles. The normalized spacial score (nSPS) is 14.0. The molecule has 0 spiro atoms. The number of fused-ring (bicyclic) bond motifs is 1. The number of ether oxygens (including phenoxy) is 1. The van der Waals surface area contributed by atoms with E-state index in [0.29, 0.717) is 22.7 Å². The first kappa shape index (κ1) is 20.9. The zero-order valence-corrected chi connectivity index (χ0v) is 17.8. The molecule has 1 aliphatic rings. The van der Waals surface area contributed by atoms with Gasteiger partial charge in [0.2, 0.25) is 11.8 Å². The molecule has 2 N–H and O–H groups in total. The van der Waals surface area contributed by atoms with Crippen LogP contribution in [0.15, 0.2) is 46.9 Å². The molecular weight excluding hydrogens is 438 g/mol. The van der Waals surface area contributed by atoms with Gasteiger partial charge in [-0.3, -0.25) is 19.3 Å². The summed E-state index contributed by atoms with van der Waals surface area (Å²) in [5.74, 6) is -0.482. The highest BCUT2D eigenvalue weighted by Gasteiger charge is 2.30. The van der Waals surface area contributed by atoms with Gasteiger partial charge in [-0.05, 0) is 55.8 Å². The number of halogens is 1. The van der Waals surface area contributed by atoms with Gasteiger partial charge in [0.15, 0.2) is 6.61 Å². The molecule has 0 bridgehead atoms. The molecule has 0 saturated heterocycles. The average Bonchev–Trinajstić information content (AvgIpc) is 2.70. The second-order valence-electron chi connectivity index (χ2n) is 6.81. The van der Waals surface area contributed by atoms with Crippen LogP contribution in [0.4, 0.5) is 11.4 Å². The number of hydrogen-bond acceptors (Lipinski definition) is 4. The van der Waals surface area contributed by atoms with Crippen molar-refractivity contribution in [2.24, 2.45) is 5.73 Å². The lowest BCUT2D eigenvalue weighted by atomic mass is 10.1. The SMILES string of the molecule is CC[C@H](C)N(C(=O)CN1C(=O)COc2cc(Br)ccc21)c1ccc(C(N)=O)cc1. The van der Waals surface area contributed by atoms with Gasteiger partial charge in [-0.25, -0.2) is 0 Å². The number of anilines is 2. The van der Waals surface area contributed by atoms with E-state index in [1.807, 2.05) is 13.8 Å². The van der Waals surface area contributed by atoms with Gasteiger partial charge >= 0.3 is 0 Å². The van der Waals surface area contributed by atoms with Crippen LogP contribution in [0.5, 0.6) is 5.75 Å². The highest BCUT2D eigenvalue weighted by molar-refractivity contribution is 9.10. The van der Waals surface area contributed by atoms with Crippen molar-refractivity contribution in [3.05, 3.63) is 52.5 Å². The first-order chi connectivity index (χ1) is 13.8. The number of carbonyl (C=O) groups excluding carboxylic acids is 3. The molecule has 3 amide bonds. The molecule has 0 aliphatic carbocycles. The van der Waals surface area contributed by atoms with Gasteiger partial charge in [0.25, 0.3) is 5.91 Å². The van der Waals surface area contributed by atoms with Gasteiger partial charge in [0.05, 0.1) is 5.69 Å². The molecule has 0 radical (unpaired) electrons. The molecule has 8 heteroatoms. The Morgan fingerprint density at radius 3 is 2.55 bits per heavy atom. The Kier molecular flexibility index (Phi) is 6.22. The van der Waals surface area contributed by atoms with Crippen molar-refractivity contribution in [2.75, 3.05) is 23.0 Å². The van der Waals surface area contributed by atoms with E-state index in [1.54, 1.807) is 47.4 Å². The summed E-state index contributed by atoms with van der Waals surface area (Å²) < 4.78 is 6.31. The Bertz CT molecular complexity index is 945. The maximum atomic E-state index is 13.2. The van der Waals surface area contributed by atoms with Crippen LogP contribution >= 0.6 is 15.9 Å². The quantitative estimate of drug-likeness (QED) is 0.717. The molecular formula is C21H22BrN3O4. The van der Waals surface area contributed by atoms with Crippen molar-refractivity contribution in [3.8, 4) is 5.75 Å². The predicted molar refractivity (Wildman–Crippen MR) is 114 cm³/mol. The van der Waals surface area contributed by atoms with E-state index in [0.717, 1.165) is 10.9 Å². The highest BCUT2D eigenvalue weighted by Crippen LogP contribution is 2.34. The molecule has 1 atom stereocenters. The molecule has 2 aromatic carbocycles. The molecule has 3 rings (SSSR count). The molecule has 0 fully saturated rings. The summed E-state index contributed by atoms with van der Waals surface area (Å²) in [6.45, 7) is 3.69. The largest absolute Gasteiger partial charge is 0.482 e. The van der Waals surface area contributed by atoms with E-state index in [9.17, 15) is 14.4 Å². The lowest BCUT2D eigenvalue weighted by Crippen LogP contribution is -2.49. The maximum Gasteiger partial charge on any atom is 0.265 e. The van der Waals surface area contributed by atoms with E-state index in [4.69, 9.17) is 10.5 Å². The predicted octanol–water partition coefficient (Wildman–Crippen LogP) is 3.11. The van der Waals surface area contributed by atoms with Gasteiger partial charge < -0.3 is 15.4 Å². The molecule has 29 heavy (non-hydrogen) atoms. The summed E-state index contributed by atoms with van der Waals surface area (Å²) >= 11 is 3.38. The van der Waals surface area contributed by atoms with Crippen LogP contribution in [0.25, 0.3) is 0 Å². The zero-order chi connectivity index (χ0) is 21.1. The number of nitrogens with zero attached hydrogens (tertiary/aromatic N) is 2. The Morgan fingerprint density at radius 1 is 1.24 bits per heavy atom. The van der Waals surface area contributed by atoms with Crippen LogP contribution in [-0.2, 0) is 9.59 Å². The van der Waals surface area contributed by atoms with Gasteiger partial charge in [-0.15, -0.1) is 0 Å². The number of rotatable bonds is 6. The number of carbonyl (C=O) groups is 3. The van der Waals surface area contributed by atoms with Crippen molar-refractivity contribution >= 4 is 45.0 Å². The number of amides is 3. The topological polar surface area (TPSA) is 92.9 Å². The van der Waals surface area contributed by atoms with E-state index in [1.165, 1.54) is 4.90 Å². The van der Waals surface area contributed by atoms with Gasteiger partial charge in [0, 0.05) is 21.8 Å². The highest BCUT2D eigenvalue weighted by atomic mass is 79.9. The smallest absolute Gasteiger partial charge is 0.265 e. The molecule has 0 aromatic heterocycles. The Balaban J connectivity index is 1.89. The Morgan fingerprint density at radius 2 is 1.93 bits per heavy atom. The van der Waals surface area contributed by atoms with Crippen molar-refractivity contribution in [1.29, 1.82) is 0 Å². The van der Waals surface area contributed by atoms with Crippen molar-refractivity contribution in [1.82, 2.24) is 0 Å². The van der Waals surface area contributed by atoms with E-state index in [-0.39, 0.29) is 31.0 Å². The molecule has 1 aliphatic heterocycles. The summed E-state index contributed by atoms with van der Waals surface area (Å²) in [5, 5.41) is 0. The average molecular weight is 460 g/mol. The minimum absolute atomic E-state index is 0.0949. The van der Waals surface area contributed by atoms with Crippen molar-refractivity contribution < 1.29 is 19.1 Å². The molecule has 152 valence electrons. The summed E-state index contributed by atoms with van der Waals surface area (Å²) in [6, 6.07) is 11.8. The Hall–Kier alpha value is -2.87. The van der Waals surface area contributed by atoms with Crippen LogP contribution in [0, 0.1) is 0 Å². The fourth-order valence-electron chi connectivity index (χ4n) is 3.18. The van der Waals surface area contributed by atoms with Crippen LogP contribution in [0.1, 0.15) is 30.6 Å². The first-order valence-corrected chi connectivity index (χ1v) is 10.1. The summed E-state index contributed by atoms with van der Waals surface area (Å²) in [7, 11) is 0. The summed E-state index contributed by atoms with van der Waals surface area (Å²) in [6.07, 6.45) is 0.726. The monoisotopic (exact) mass is 459 g/mol. The van der Waals surface area contributed by atoms with Gasteiger partial charge in [-0.2, -0.15) is 0 Å². The number of hydrogen-bond donors (Lipinski definition) is 1. The number of nitrogens with two attached hydrogens (primary N) is 1. The van der Waals surface area contributed by atoms with Gasteiger partial charge in [-0.1, -0.05) is 22.9 Å². The minimum atomic E-state index is -0.528. The summed E-state index contributed by atoms with van der Waals surface area (Å²) in [5.41, 5.74) is 6.88.